The molecule has 27 heavy (non-hydrogen) atoms. The summed E-state index contributed by atoms with van der Waals surface area (Å²) in [5.41, 5.74) is 2.22. The van der Waals surface area contributed by atoms with E-state index >= 15 is 0 Å². The zero-order valence-corrected chi connectivity index (χ0v) is 16.2. The second kappa shape index (κ2) is 8.17. The Balaban J connectivity index is 1.72. The average Bonchev–Trinajstić information content (AvgIpc) is 2.65. The van der Waals surface area contributed by atoms with Crippen LogP contribution >= 0.6 is 23.2 Å². The molecule has 2 aromatic carbocycles. The minimum atomic E-state index is -1.41. The number of aliphatic hydroxyl groups is 1. The van der Waals surface area contributed by atoms with Crippen molar-refractivity contribution in [2.75, 3.05) is 0 Å². The zero-order valence-electron chi connectivity index (χ0n) is 14.6. The molecule has 0 fully saturated rings. The topological polar surface area (TPSA) is 62.1 Å². The minimum absolute atomic E-state index is 0.00308. The third-order valence-electron chi connectivity index (χ3n) is 4.18. The molecule has 2 unspecified atom stereocenters. The smallest absolute Gasteiger partial charge is 0.183 e. The Morgan fingerprint density at radius 3 is 2.67 bits per heavy atom. The molecule has 0 amide bonds. The van der Waals surface area contributed by atoms with Gasteiger partial charge in [0.05, 0.1) is 0 Å². The van der Waals surface area contributed by atoms with Gasteiger partial charge in [0.15, 0.2) is 5.00 Å². The molecule has 0 saturated heterocycles. The zero-order chi connectivity index (χ0) is 19.4. The number of ether oxygens (including phenoxy) is 1. The van der Waals surface area contributed by atoms with E-state index in [9.17, 15) is 10.2 Å². The van der Waals surface area contributed by atoms with Crippen LogP contribution in [0.1, 0.15) is 18.1 Å². The van der Waals surface area contributed by atoms with Crippen LogP contribution in [0.3, 0.4) is 0 Å². The number of hydrogen-bond donors (Lipinski definition) is 2. The van der Waals surface area contributed by atoms with Crippen LogP contribution in [0.2, 0.25) is 0 Å². The molecule has 6 heteroatoms. The van der Waals surface area contributed by atoms with E-state index in [1.54, 1.807) is 25.1 Å². The SMILES string of the molecule is CC1=CC(O)C(Cl)(N=Cc2ccc(OCc3ccccc3)cc2O)C=C1Cl. The Labute approximate surface area is 168 Å². The average molecular weight is 404 g/mol. The molecule has 140 valence electrons. The van der Waals surface area contributed by atoms with Crippen molar-refractivity contribution in [1.82, 2.24) is 0 Å². The second-order valence-corrected chi connectivity index (χ2v) is 7.28. The third-order valence-corrected chi connectivity index (χ3v) is 5.02. The normalized spacial score (nSPS) is 22.4. The minimum Gasteiger partial charge on any atom is -0.507 e. The first-order valence-electron chi connectivity index (χ1n) is 8.36. The van der Waals surface area contributed by atoms with E-state index in [1.807, 2.05) is 30.3 Å². The summed E-state index contributed by atoms with van der Waals surface area (Å²) in [6.07, 6.45) is 3.42. The number of benzene rings is 2. The number of phenolic OH excluding ortho intramolecular Hbond substituents is 1. The Bertz CT molecular complexity index is 909. The van der Waals surface area contributed by atoms with Crippen LogP contribution in [-0.4, -0.2) is 27.5 Å². The number of hydrogen-bond acceptors (Lipinski definition) is 4. The highest BCUT2D eigenvalue weighted by Crippen LogP contribution is 2.35. The lowest BCUT2D eigenvalue weighted by atomic mass is 10.0. The van der Waals surface area contributed by atoms with Crippen molar-refractivity contribution in [3.05, 3.63) is 82.4 Å². The van der Waals surface area contributed by atoms with Crippen LogP contribution in [0.5, 0.6) is 11.5 Å². The molecule has 4 nitrogen and oxygen atoms in total. The van der Waals surface area contributed by atoms with E-state index in [0.29, 0.717) is 23.0 Å². The molecule has 0 spiro atoms. The molecule has 0 heterocycles. The number of nitrogens with zero attached hydrogens (tertiary/aromatic N) is 1. The van der Waals surface area contributed by atoms with Crippen molar-refractivity contribution in [2.24, 2.45) is 4.99 Å². The number of allylic oxidation sites excluding steroid dienone is 2. The summed E-state index contributed by atoms with van der Waals surface area (Å²) in [4.78, 5) is 2.81. The first kappa shape index (κ1) is 19.5. The maximum absolute atomic E-state index is 10.2. The molecule has 0 saturated carbocycles. The molecule has 0 radical (unpaired) electrons. The van der Waals surface area contributed by atoms with Crippen LogP contribution in [0.25, 0.3) is 0 Å². The van der Waals surface area contributed by atoms with Crippen LogP contribution in [0.15, 0.2) is 76.3 Å². The van der Waals surface area contributed by atoms with Gasteiger partial charge in [0.1, 0.15) is 24.2 Å². The highest BCUT2D eigenvalue weighted by atomic mass is 35.5. The van der Waals surface area contributed by atoms with Crippen molar-refractivity contribution in [2.45, 2.75) is 24.6 Å². The van der Waals surface area contributed by atoms with Crippen LogP contribution in [0.4, 0.5) is 0 Å². The fourth-order valence-corrected chi connectivity index (χ4v) is 3.06. The van der Waals surface area contributed by atoms with Gasteiger partial charge in [-0.25, -0.2) is 0 Å². The highest BCUT2D eigenvalue weighted by Gasteiger charge is 2.35. The number of aliphatic hydroxyl groups excluding tert-OH is 1. The van der Waals surface area contributed by atoms with Gasteiger partial charge in [-0.2, -0.15) is 0 Å². The van der Waals surface area contributed by atoms with Crippen molar-refractivity contribution < 1.29 is 14.9 Å². The standard InChI is InChI=1S/C21H19Cl2NO3/c1-14-9-20(26)21(23,11-18(14)22)24-12-16-7-8-17(10-19(16)25)27-13-15-5-3-2-4-6-15/h2-12,20,25-26H,13H2,1H3. The van der Waals surface area contributed by atoms with E-state index in [1.165, 1.54) is 18.4 Å². The monoisotopic (exact) mass is 403 g/mol. The molecule has 2 aromatic rings. The van der Waals surface area contributed by atoms with Crippen molar-refractivity contribution in [1.29, 1.82) is 0 Å². The molecule has 0 bridgehead atoms. The molecule has 0 aliphatic heterocycles. The number of rotatable bonds is 5. The number of aromatic hydroxyl groups is 1. The molecule has 2 atom stereocenters. The molecular weight excluding hydrogens is 385 g/mol. The lowest BCUT2D eigenvalue weighted by molar-refractivity contribution is 0.191. The van der Waals surface area contributed by atoms with E-state index in [2.05, 4.69) is 4.99 Å². The number of aliphatic imine (C=N–C) groups is 1. The first-order valence-corrected chi connectivity index (χ1v) is 9.12. The van der Waals surface area contributed by atoms with Crippen molar-refractivity contribution >= 4 is 29.4 Å². The summed E-state index contributed by atoms with van der Waals surface area (Å²) in [6.45, 7) is 2.18. The van der Waals surface area contributed by atoms with Gasteiger partial charge in [-0.1, -0.05) is 53.5 Å². The summed E-state index contributed by atoms with van der Waals surface area (Å²) in [5.74, 6) is 0.532. The predicted molar refractivity (Wildman–Crippen MR) is 109 cm³/mol. The Kier molecular flexibility index (Phi) is 5.90. The quantitative estimate of drug-likeness (QED) is 0.429. The summed E-state index contributed by atoms with van der Waals surface area (Å²) in [5, 5.41) is 20.8. The Hall–Kier alpha value is -2.27. The van der Waals surface area contributed by atoms with Gasteiger partial charge in [-0.15, -0.1) is 0 Å². The first-order chi connectivity index (χ1) is 12.9. The summed E-state index contributed by atoms with van der Waals surface area (Å²) >= 11 is 12.5. The van der Waals surface area contributed by atoms with Crippen molar-refractivity contribution in [3.63, 3.8) is 0 Å². The number of phenols is 1. The van der Waals surface area contributed by atoms with Gasteiger partial charge in [0.2, 0.25) is 0 Å². The lowest BCUT2D eigenvalue weighted by Crippen LogP contribution is -2.34. The predicted octanol–water partition coefficient (Wildman–Crippen LogP) is 4.77. The summed E-state index contributed by atoms with van der Waals surface area (Å²) in [7, 11) is 0. The second-order valence-electron chi connectivity index (χ2n) is 6.27. The van der Waals surface area contributed by atoms with Gasteiger partial charge < -0.3 is 14.9 Å². The van der Waals surface area contributed by atoms with E-state index in [0.717, 1.165) is 11.1 Å². The van der Waals surface area contributed by atoms with E-state index in [-0.39, 0.29) is 5.75 Å². The van der Waals surface area contributed by atoms with Gasteiger partial charge in [0, 0.05) is 22.9 Å². The lowest BCUT2D eigenvalue weighted by Gasteiger charge is -2.27. The summed E-state index contributed by atoms with van der Waals surface area (Å²) < 4.78 is 5.68. The third kappa shape index (κ3) is 4.72. The fourth-order valence-electron chi connectivity index (χ4n) is 2.56. The molecule has 1 aliphatic carbocycles. The maximum Gasteiger partial charge on any atom is 0.183 e. The Morgan fingerprint density at radius 2 is 1.96 bits per heavy atom. The molecule has 1 aliphatic rings. The number of halogens is 2. The van der Waals surface area contributed by atoms with Crippen LogP contribution in [-0.2, 0) is 6.61 Å². The highest BCUT2D eigenvalue weighted by molar-refractivity contribution is 6.34. The molecular formula is C21H19Cl2NO3. The van der Waals surface area contributed by atoms with E-state index in [4.69, 9.17) is 27.9 Å². The summed E-state index contributed by atoms with van der Waals surface area (Å²) in [6, 6.07) is 14.7. The maximum atomic E-state index is 10.2. The molecule has 3 rings (SSSR count). The fraction of sp³-hybridized carbons (Fsp3) is 0.190. The number of alkyl halides is 1. The van der Waals surface area contributed by atoms with Crippen molar-refractivity contribution in [3.8, 4) is 11.5 Å². The largest absolute Gasteiger partial charge is 0.507 e. The van der Waals surface area contributed by atoms with Crippen LogP contribution in [0, 0.1) is 0 Å². The van der Waals surface area contributed by atoms with Gasteiger partial charge in [-0.3, -0.25) is 4.99 Å². The molecule has 0 aromatic heterocycles. The van der Waals surface area contributed by atoms with Gasteiger partial charge in [0.25, 0.3) is 0 Å². The van der Waals surface area contributed by atoms with Gasteiger partial charge >= 0.3 is 0 Å². The van der Waals surface area contributed by atoms with E-state index < -0.39 is 11.1 Å². The van der Waals surface area contributed by atoms with Crippen LogP contribution < -0.4 is 4.74 Å². The van der Waals surface area contributed by atoms with Gasteiger partial charge in [-0.05, 0) is 42.3 Å². The Morgan fingerprint density at radius 1 is 1.22 bits per heavy atom. The molecule has 2 N–H and O–H groups in total.